The van der Waals surface area contributed by atoms with Crippen molar-refractivity contribution in [1.29, 1.82) is 0 Å². The molecule has 0 aliphatic carbocycles. The monoisotopic (exact) mass is 293 g/mol. The van der Waals surface area contributed by atoms with Gasteiger partial charge in [0.05, 0.1) is 5.56 Å². The number of aromatic carboxylic acids is 1. The molecular weight excluding hydrogens is 274 g/mol. The van der Waals surface area contributed by atoms with Crippen LogP contribution < -0.4 is 10.6 Å². The summed E-state index contributed by atoms with van der Waals surface area (Å²) in [7, 11) is 3.30. The summed E-state index contributed by atoms with van der Waals surface area (Å²) in [4.78, 5) is 35.1. The number of nitrogens with zero attached hydrogens (tertiary/aromatic N) is 1. The molecule has 3 amide bonds. The molecular formula is C14H19N3O4. The summed E-state index contributed by atoms with van der Waals surface area (Å²) in [6.07, 6.45) is 0.231. The Bertz CT molecular complexity index is 529. The molecule has 0 fully saturated rings. The number of carboxylic acid groups (broad SMARTS) is 1. The molecule has 0 aromatic heterocycles. The van der Waals surface area contributed by atoms with E-state index in [0.717, 1.165) is 0 Å². The van der Waals surface area contributed by atoms with E-state index in [1.165, 1.54) is 17.0 Å². The van der Waals surface area contributed by atoms with Gasteiger partial charge in [0, 0.05) is 33.6 Å². The van der Waals surface area contributed by atoms with E-state index in [4.69, 9.17) is 5.11 Å². The van der Waals surface area contributed by atoms with Crippen LogP contribution in [-0.4, -0.2) is 48.6 Å². The largest absolute Gasteiger partial charge is 0.478 e. The molecule has 0 heterocycles. The lowest BCUT2D eigenvalue weighted by atomic mass is 10.1. The molecule has 21 heavy (non-hydrogen) atoms. The lowest BCUT2D eigenvalue weighted by Gasteiger charge is -2.11. The van der Waals surface area contributed by atoms with Crippen molar-refractivity contribution in [3.05, 3.63) is 35.4 Å². The standard InChI is InChI=1S/C14H19N3O4/c1-17(2)12(18)6-7-15-14(21)16-9-10-4-3-5-11(8-10)13(19)20/h3-5,8H,6-7,9H2,1-2H3,(H,19,20)(H2,15,16,21). The van der Waals surface area contributed by atoms with Crippen molar-refractivity contribution in [1.82, 2.24) is 15.5 Å². The van der Waals surface area contributed by atoms with Crippen molar-refractivity contribution in [2.75, 3.05) is 20.6 Å². The minimum absolute atomic E-state index is 0.0653. The van der Waals surface area contributed by atoms with Gasteiger partial charge in [0.2, 0.25) is 5.91 Å². The second-order valence-corrected chi connectivity index (χ2v) is 4.65. The first-order valence-electron chi connectivity index (χ1n) is 6.44. The highest BCUT2D eigenvalue weighted by Crippen LogP contribution is 2.04. The topological polar surface area (TPSA) is 98.7 Å². The molecule has 1 aromatic carbocycles. The third-order valence-electron chi connectivity index (χ3n) is 2.75. The van der Waals surface area contributed by atoms with Crippen molar-refractivity contribution in [2.24, 2.45) is 0 Å². The predicted octanol–water partition coefficient (Wildman–Crippen LogP) is 0.662. The van der Waals surface area contributed by atoms with Gasteiger partial charge >= 0.3 is 12.0 Å². The number of nitrogens with one attached hydrogen (secondary N) is 2. The fraction of sp³-hybridized carbons (Fsp3) is 0.357. The minimum Gasteiger partial charge on any atom is -0.478 e. The van der Waals surface area contributed by atoms with Gasteiger partial charge < -0.3 is 20.6 Å². The number of hydrogen-bond acceptors (Lipinski definition) is 3. The van der Waals surface area contributed by atoms with E-state index in [1.54, 1.807) is 26.2 Å². The molecule has 0 saturated heterocycles. The van der Waals surface area contributed by atoms with E-state index in [2.05, 4.69) is 10.6 Å². The van der Waals surface area contributed by atoms with Gasteiger partial charge in [-0.25, -0.2) is 9.59 Å². The van der Waals surface area contributed by atoms with Crippen molar-refractivity contribution >= 4 is 17.9 Å². The SMILES string of the molecule is CN(C)C(=O)CCNC(=O)NCc1cccc(C(=O)O)c1. The molecule has 0 aliphatic heterocycles. The zero-order valence-electron chi connectivity index (χ0n) is 12.0. The molecule has 7 nitrogen and oxygen atoms in total. The van der Waals surface area contributed by atoms with E-state index in [-0.39, 0.29) is 31.0 Å². The summed E-state index contributed by atoms with van der Waals surface area (Å²) in [5.41, 5.74) is 0.862. The fourth-order valence-corrected chi connectivity index (χ4v) is 1.57. The average molecular weight is 293 g/mol. The summed E-state index contributed by atoms with van der Waals surface area (Å²) in [5, 5.41) is 14.0. The van der Waals surface area contributed by atoms with Crippen molar-refractivity contribution < 1.29 is 19.5 Å². The molecule has 7 heteroatoms. The Labute approximate surface area is 122 Å². The van der Waals surface area contributed by atoms with Gasteiger partial charge in [0.25, 0.3) is 0 Å². The highest BCUT2D eigenvalue weighted by Gasteiger charge is 2.06. The Balaban J connectivity index is 2.35. The maximum Gasteiger partial charge on any atom is 0.335 e. The molecule has 1 rings (SSSR count). The molecule has 0 bridgehead atoms. The first-order valence-corrected chi connectivity index (χ1v) is 6.44. The minimum atomic E-state index is -1.01. The zero-order valence-corrected chi connectivity index (χ0v) is 12.0. The number of carboxylic acids is 1. The Morgan fingerprint density at radius 3 is 2.52 bits per heavy atom. The smallest absolute Gasteiger partial charge is 0.335 e. The number of hydrogen-bond donors (Lipinski definition) is 3. The van der Waals surface area contributed by atoms with Crippen LogP contribution in [0.4, 0.5) is 4.79 Å². The quantitative estimate of drug-likeness (QED) is 0.717. The van der Waals surface area contributed by atoms with E-state index in [1.807, 2.05) is 0 Å². The molecule has 0 unspecified atom stereocenters. The van der Waals surface area contributed by atoms with Crippen LogP contribution in [0.15, 0.2) is 24.3 Å². The van der Waals surface area contributed by atoms with Crippen LogP contribution in [0.25, 0.3) is 0 Å². The average Bonchev–Trinajstić information content (AvgIpc) is 2.45. The second-order valence-electron chi connectivity index (χ2n) is 4.65. The third kappa shape index (κ3) is 5.94. The first-order chi connectivity index (χ1) is 9.90. The van der Waals surface area contributed by atoms with Crippen LogP contribution in [0.3, 0.4) is 0 Å². The van der Waals surface area contributed by atoms with Crippen LogP contribution in [-0.2, 0) is 11.3 Å². The second kappa shape index (κ2) is 7.88. The summed E-state index contributed by atoms with van der Waals surface area (Å²) in [5.74, 6) is -1.08. The number of rotatable bonds is 6. The van der Waals surface area contributed by atoms with Crippen molar-refractivity contribution in [2.45, 2.75) is 13.0 Å². The van der Waals surface area contributed by atoms with Crippen molar-refractivity contribution in [3.63, 3.8) is 0 Å². The number of benzene rings is 1. The molecule has 0 aliphatic rings. The molecule has 114 valence electrons. The van der Waals surface area contributed by atoms with E-state index in [9.17, 15) is 14.4 Å². The normalized spacial score (nSPS) is 9.81. The summed E-state index contributed by atoms with van der Waals surface area (Å²) < 4.78 is 0. The molecule has 3 N–H and O–H groups in total. The highest BCUT2D eigenvalue weighted by atomic mass is 16.4. The van der Waals surface area contributed by atoms with E-state index in [0.29, 0.717) is 5.56 Å². The molecule has 0 atom stereocenters. The van der Waals surface area contributed by atoms with Gasteiger partial charge in [-0.1, -0.05) is 12.1 Å². The highest BCUT2D eigenvalue weighted by molar-refractivity contribution is 5.87. The fourth-order valence-electron chi connectivity index (χ4n) is 1.57. The molecule has 1 aromatic rings. The summed E-state index contributed by atoms with van der Waals surface area (Å²) >= 11 is 0. The zero-order chi connectivity index (χ0) is 15.8. The van der Waals surface area contributed by atoms with Gasteiger partial charge in [-0.15, -0.1) is 0 Å². The van der Waals surface area contributed by atoms with Crippen LogP contribution in [0.2, 0.25) is 0 Å². The molecule has 0 saturated carbocycles. The van der Waals surface area contributed by atoms with Crippen molar-refractivity contribution in [3.8, 4) is 0 Å². The summed E-state index contributed by atoms with van der Waals surface area (Å²) in [6, 6.07) is 5.93. The van der Waals surface area contributed by atoms with Gasteiger partial charge in [0.1, 0.15) is 0 Å². The number of carbonyl (C=O) groups is 3. The predicted molar refractivity (Wildman–Crippen MR) is 77.0 cm³/mol. The van der Waals surface area contributed by atoms with Gasteiger partial charge in [-0.3, -0.25) is 4.79 Å². The molecule has 0 radical (unpaired) electrons. The third-order valence-corrected chi connectivity index (χ3v) is 2.75. The maximum atomic E-state index is 11.5. The number of urea groups is 1. The maximum absolute atomic E-state index is 11.5. The van der Waals surface area contributed by atoms with Gasteiger partial charge in [0.15, 0.2) is 0 Å². The number of carbonyl (C=O) groups excluding carboxylic acids is 2. The summed E-state index contributed by atoms with van der Waals surface area (Å²) in [6.45, 7) is 0.465. The Morgan fingerprint density at radius 2 is 1.90 bits per heavy atom. The Hall–Kier alpha value is -2.57. The Kier molecular flexibility index (Phi) is 6.19. The first kappa shape index (κ1) is 16.5. The lowest BCUT2D eigenvalue weighted by molar-refractivity contribution is -0.128. The van der Waals surface area contributed by atoms with Crippen LogP contribution in [0, 0.1) is 0 Å². The van der Waals surface area contributed by atoms with Crippen LogP contribution >= 0.6 is 0 Å². The molecule has 0 spiro atoms. The van der Waals surface area contributed by atoms with Gasteiger partial charge in [-0.2, -0.15) is 0 Å². The number of amides is 3. The van der Waals surface area contributed by atoms with E-state index >= 15 is 0 Å². The van der Waals surface area contributed by atoms with Crippen LogP contribution in [0.5, 0.6) is 0 Å². The lowest BCUT2D eigenvalue weighted by Crippen LogP contribution is -2.37. The Morgan fingerprint density at radius 1 is 1.19 bits per heavy atom. The van der Waals surface area contributed by atoms with Gasteiger partial charge in [-0.05, 0) is 17.7 Å². The van der Waals surface area contributed by atoms with Crippen LogP contribution in [0.1, 0.15) is 22.3 Å². The van der Waals surface area contributed by atoms with E-state index < -0.39 is 12.0 Å².